The molecule has 8 heteroatoms. The molecule has 0 aliphatic heterocycles. The Bertz CT molecular complexity index is 510. The summed E-state index contributed by atoms with van der Waals surface area (Å²) in [7, 11) is -3.58. The molecule has 1 rings (SSSR count). The van der Waals surface area contributed by atoms with Gasteiger partial charge in [0, 0.05) is 10.0 Å². The lowest BCUT2D eigenvalue weighted by atomic mass is 10.3. The predicted molar refractivity (Wildman–Crippen MR) is 64.9 cm³/mol. The first-order valence-electron chi connectivity index (χ1n) is 4.36. The summed E-state index contributed by atoms with van der Waals surface area (Å²) >= 11 is 11.4. The van der Waals surface area contributed by atoms with Gasteiger partial charge in [-0.2, -0.15) is 0 Å². The van der Waals surface area contributed by atoms with E-state index < -0.39 is 22.5 Å². The Morgan fingerprint density at radius 3 is 2.29 bits per heavy atom. The van der Waals surface area contributed by atoms with E-state index in [1.165, 1.54) is 18.2 Å². The highest BCUT2D eigenvalue weighted by Gasteiger charge is 2.09. The van der Waals surface area contributed by atoms with Gasteiger partial charge in [0.05, 0.1) is 6.26 Å². The van der Waals surface area contributed by atoms with Crippen LogP contribution in [-0.4, -0.2) is 27.2 Å². The lowest BCUT2D eigenvalue weighted by Gasteiger charge is -2.06. The minimum atomic E-state index is -3.58. The monoisotopic (exact) mass is 297 g/mol. The Morgan fingerprint density at radius 2 is 1.82 bits per heavy atom. The number of nitrogens with one attached hydrogen (secondary N) is 1. The minimum Gasteiger partial charge on any atom is -0.484 e. The zero-order chi connectivity index (χ0) is 13.1. The molecule has 0 atom stereocenters. The largest absolute Gasteiger partial charge is 0.484 e. The SMILES string of the molecule is CS(=O)(=O)NC(=O)COc1cc(Cl)cc(Cl)c1. The highest BCUT2D eigenvalue weighted by Crippen LogP contribution is 2.23. The van der Waals surface area contributed by atoms with Crippen LogP contribution in [0.15, 0.2) is 18.2 Å². The molecule has 0 unspecified atom stereocenters. The summed E-state index contributed by atoms with van der Waals surface area (Å²) in [6, 6.07) is 4.43. The van der Waals surface area contributed by atoms with Crippen LogP contribution in [-0.2, 0) is 14.8 Å². The number of halogens is 2. The molecule has 1 aromatic carbocycles. The highest BCUT2D eigenvalue weighted by molar-refractivity contribution is 7.89. The van der Waals surface area contributed by atoms with Crippen molar-refractivity contribution >= 4 is 39.1 Å². The minimum absolute atomic E-state index is 0.283. The molecule has 0 saturated heterocycles. The summed E-state index contributed by atoms with van der Waals surface area (Å²) in [4.78, 5) is 11.1. The van der Waals surface area contributed by atoms with Crippen LogP contribution in [0.5, 0.6) is 5.75 Å². The lowest BCUT2D eigenvalue weighted by molar-refractivity contribution is -0.121. The average Bonchev–Trinajstić information content (AvgIpc) is 2.10. The van der Waals surface area contributed by atoms with Crippen molar-refractivity contribution in [3.05, 3.63) is 28.2 Å². The summed E-state index contributed by atoms with van der Waals surface area (Å²) < 4.78 is 28.3. The van der Waals surface area contributed by atoms with Crippen LogP contribution in [0.1, 0.15) is 0 Å². The topological polar surface area (TPSA) is 72.5 Å². The van der Waals surface area contributed by atoms with E-state index in [1.54, 1.807) is 4.72 Å². The van der Waals surface area contributed by atoms with Crippen molar-refractivity contribution in [3.63, 3.8) is 0 Å². The van der Waals surface area contributed by atoms with E-state index in [0.717, 1.165) is 6.26 Å². The van der Waals surface area contributed by atoms with Crippen LogP contribution in [0, 0.1) is 0 Å². The predicted octanol–water partition coefficient (Wildman–Crippen LogP) is 1.45. The lowest BCUT2D eigenvalue weighted by Crippen LogP contribution is -2.33. The van der Waals surface area contributed by atoms with E-state index >= 15 is 0 Å². The Balaban J connectivity index is 2.59. The maximum Gasteiger partial charge on any atom is 0.271 e. The summed E-state index contributed by atoms with van der Waals surface area (Å²) in [5.74, 6) is -0.491. The molecule has 0 fully saturated rings. The maximum absolute atomic E-state index is 11.1. The third-order valence-corrected chi connectivity index (χ3v) is 2.54. The van der Waals surface area contributed by atoms with Gasteiger partial charge in [-0.25, -0.2) is 8.42 Å². The van der Waals surface area contributed by atoms with Crippen molar-refractivity contribution in [1.82, 2.24) is 4.72 Å². The van der Waals surface area contributed by atoms with Crippen LogP contribution in [0.3, 0.4) is 0 Å². The Hall–Kier alpha value is -0.980. The molecule has 0 heterocycles. The van der Waals surface area contributed by atoms with E-state index in [2.05, 4.69) is 0 Å². The van der Waals surface area contributed by atoms with Crippen molar-refractivity contribution in [3.8, 4) is 5.75 Å². The van der Waals surface area contributed by atoms with Gasteiger partial charge in [0.15, 0.2) is 6.61 Å². The number of hydrogen-bond acceptors (Lipinski definition) is 4. The molecule has 0 radical (unpaired) electrons. The van der Waals surface area contributed by atoms with Crippen molar-refractivity contribution < 1.29 is 17.9 Å². The van der Waals surface area contributed by atoms with Crippen molar-refractivity contribution in [1.29, 1.82) is 0 Å². The van der Waals surface area contributed by atoms with E-state index in [-0.39, 0.29) is 5.75 Å². The second-order valence-electron chi connectivity index (χ2n) is 3.19. The maximum atomic E-state index is 11.1. The van der Waals surface area contributed by atoms with Gasteiger partial charge in [0.2, 0.25) is 10.0 Å². The first-order valence-corrected chi connectivity index (χ1v) is 7.00. The summed E-state index contributed by atoms with van der Waals surface area (Å²) in [6.45, 7) is -0.441. The van der Waals surface area contributed by atoms with Gasteiger partial charge in [0.25, 0.3) is 5.91 Å². The normalized spacial score (nSPS) is 11.0. The molecule has 0 spiro atoms. The molecule has 0 aromatic heterocycles. The van der Waals surface area contributed by atoms with Crippen molar-refractivity contribution in [2.75, 3.05) is 12.9 Å². The number of carbonyl (C=O) groups is 1. The van der Waals surface area contributed by atoms with Gasteiger partial charge in [-0.15, -0.1) is 0 Å². The molecular weight excluding hydrogens is 289 g/mol. The molecule has 1 aromatic rings. The van der Waals surface area contributed by atoms with E-state index in [9.17, 15) is 13.2 Å². The molecule has 0 aliphatic carbocycles. The second-order valence-corrected chi connectivity index (χ2v) is 5.81. The van der Waals surface area contributed by atoms with E-state index in [1.807, 2.05) is 0 Å². The Kier molecular flexibility index (Phi) is 4.62. The molecule has 0 aliphatic rings. The fraction of sp³-hybridized carbons (Fsp3) is 0.222. The molecule has 0 bridgehead atoms. The third kappa shape index (κ3) is 5.76. The van der Waals surface area contributed by atoms with E-state index in [4.69, 9.17) is 27.9 Å². The number of benzene rings is 1. The quantitative estimate of drug-likeness (QED) is 0.913. The molecule has 94 valence electrons. The van der Waals surface area contributed by atoms with E-state index in [0.29, 0.717) is 10.0 Å². The fourth-order valence-corrected chi connectivity index (χ4v) is 1.98. The molecule has 17 heavy (non-hydrogen) atoms. The van der Waals surface area contributed by atoms with Crippen LogP contribution < -0.4 is 9.46 Å². The van der Waals surface area contributed by atoms with Gasteiger partial charge < -0.3 is 4.74 Å². The number of hydrogen-bond donors (Lipinski definition) is 1. The smallest absolute Gasteiger partial charge is 0.271 e. The summed E-state index contributed by atoms with van der Waals surface area (Å²) in [6.07, 6.45) is 0.876. The molecule has 1 amide bonds. The zero-order valence-electron chi connectivity index (χ0n) is 8.74. The Morgan fingerprint density at radius 1 is 1.29 bits per heavy atom. The highest BCUT2D eigenvalue weighted by atomic mass is 35.5. The third-order valence-electron chi connectivity index (χ3n) is 1.51. The first-order chi connectivity index (χ1) is 7.76. The number of sulfonamides is 1. The molecule has 0 saturated carbocycles. The fourth-order valence-electron chi connectivity index (χ4n) is 0.997. The van der Waals surface area contributed by atoms with Gasteiger partial charge in [-0.3, -0.25) is 9.52 Å². The van der Waals surface area contributed by atoms with Crippen LogP contribution in [0.25, 0.3) is 0 Å². The van der Waals surface area contributed by atoms with Crippen LogP contribution in [0.4, 0.5) is 0 Å². The molecular formula is C9H9Cl2NO4S. The number of carbonyl (C=O) groups excluding carboxylic acids is 1. The van der Waals surface area contributed by atoms with Crippen molar-refractivity contribution in [2.45, 2.75) is 0 Å². The van der Waals surface area contributed by atoms with Gasteiger partial charge in [-0.05, 0) is 18.2 Å². The number of ether oxygens (including phenoxy) is 1. The standard InChI is InChI=1S/C9H9Cl2NO4S/c1-17(14,15)12-9(13)5-16-8-3-6(10)2-7(11)4-8/h2-4H,5H2,1H3,(H,12,13). The zero-order valence-corrected chi connectivity index (χ0v) is 11.1. The second kappa shape index (κ2) is 5.57. The Labute approximate surface area is 109 Å². The summed E-state index contributed by atoms with van der Waals surface area (Å²) in [5.41, 5.74) is 0. The van der Waals surface area contributed by atoms with Crippen LogP contribution in [0.2, 0.25) is 10.0 Å². The van der Waals surface area contributed by atoms with Crippen LogP contribution >= 0.6 is 23.2 Å². The number of rotatable bonds is 4. The van der Waals surface area contributed by atoms with Gasteiger partial charge in [0.1, 0.15) is 5.75 Å². The number of amides is 1. The first kappa shape index (κ1) is 14.1. The summed E-state index contributed by atoms with van der Waals surface area (Å²) in [5, 5.41) is 0.715. The van der Waals surface area contributed by atoms with Gasteiger partial charge >= 0.3 is 0 Å². The average molecular weight is 298 g/mol. The molecule has 1 N–H and O–H groups in total. The van der Waals surface area contributed by atoms with Crippen molar-refractivity contribution in [2.24, 2.45) is 0 Å². The molecule has 5 nitrogen and oxygen atoms in total. The van der Waals surface area contributed by atoms with Gasteiger partial charge in [-0.1, -0.05) is 23.2 Å².